The van der Waals surface area contributed by atoms with Gasteiger partial charge in [0.1, 0.15) is 0 Å². The third-order valence-electron chi connectivity index (χ3n) is 4.06. The van der Waals surface area contributed by atoms with Crippen LogP contribution >= 0.6 is 0 Å². The summed E-state index contributed by atoms with van der Waals surface area (Å²) in [4.78, 5) is 13.9. The molecular formula is C17H26N2O. The number of nitrogens with one attached hydrogen (secondary N) is 1. The summed E-state index contributed by atoms with van der Waals surface area (Å²) < 4.78 is 0. The Bertz CT molecular complexity index is 462. The fourth-order valence-electron chi connectivity index (χ4n) is 2.76. The van der Waals surface area contributed by atoms with E-state index in [1.54, 1.807) is 0 Å². The number of likely N-dealkylation sites (tertiary alicyclic amines) is 1. The molecule has 1 aliphatic rings. The molecule has 1 aromatic carbocycles. The van der Waals surface area contributed by atoms with Crippen LogP contribution in [0.15, 0.2) is 18.2 Å². The summed E-state index contributed by atoms with van der Waals surface area (Å²) >= 11 is 0. The van der Waals surface area contributed by atoms with Gasteiger partial charge in [0.2, 0.25) is 5.91 Å². The van der Waals surface area contributed by atoms with E-state index in [4.69, 9.17) is 0 Å². The summed E-state index contributed by atoms with van der Waals surface area (Å²) in [5.41, 5.74) is 3.82. The third-order valence-corrected chi connectivity index (χ3v) is 4.06. The van der Waals surface area contributed by atoms with E-state index >= 15 is 0 Å². The van der Waals surface area contributed by atoms with Gasteiger partial charge >= 0.3 is 0 Å². The van der Waals surface area contributed by atoms with E-state index in [0.717, 1.165) is 32.4 Å². The zero-order chi connectivity index (χ0) is 14.5. The molecule has 3 heteroatoms. The number of nitrogens with zero attached hydrogens (tertiary/aromatic N) is 1. The Morgan fingerprint density at radius 3 is 2.65 bits per heavy atom. The fraction of sp³-hybridized carbons (Fsp3) is 0.588. The molecule has 0 saturated carbocycles. The van der Waals surface area contributed by atoms with E-state index in [1.807, 2.05) is 4.90 Å². The second-order valence-corrected chi connectivity index (χ2v) is 5.87. The molecule has 1 N–H and O–H groups in total. The average molecular weight is 274 g/mol. The predicted octanol–water partition coefficient (Wildman–Crippen LogP) is 3.51. The number of amides is 1. The minimum absolute atomic E-state index is 0.317. The average Bonchev–Trinajstić information content (AvgIpc) is 2.44. The van der Waals surface area contributed by atoms with Crippen LogP contribution in [0.5, 0.6) is 0 Å². The van der Waals surface area contributed by atoms with Crippen molar-refractivity contribution in [1.29, 1.82) is 0 Å². The summed E-state index contributed by atoms with van der Waals surface area (Å²) in [7, 11) is 0. The standard InChI is InChI=1S/C17H26N2O/c1-4-5-17(20)19-10-8-15(9-11-19)18-16-12-13(2)6-7-14(16)3/h6-7,12,15,18H,4-5,8-11H2,1-3H3. The van der Waals surface area contributed by atoms with Crippen LogP contribution in [0.3, 0.4) is 0 Å². The number of hydrogen-bond acceptors (Lipinski definition) is 2. The van der Waals surface area contributed by atoms with E-state index in [1.165, 1.54) is 16.8 Å². The highest BCUT2D eigenvalue weighted by Gasteiger charge is 2.22. The SMILES string of the molecule is CCCC(=O)N1CCC(Nc2cc(C)ccc2C)CC1. The van der Waals surface area contributed by atoms with Crippen molar-refractivity contribution >= 4 is 11.6 Å². The number of hydrogen-bond donors (Lipinski definition) is 1. The van der Waals surface area contributed by atoms with Crippen molar-refractivity contribution in [3.63, 3.8) is 0 Å². The molecule has 0 bridgehead atoms. The largest absolute Gasteiger partial charge is 0.382 e. The van der Waals surface area contributed by atoms with Gasteiger partial charge in [0.25, 0.3) is 0 Å². The quantitative estimate of drug-likeness (QED) is 0.911. The van der Waals surface area contributed by atoms with Gasteiger partial charge < -0.3 is 10.2 Å². The van der Waals surface area contributed by atoms with Crippen molar-refractivity contribution < 1.29 is 4.79 Å². The molecular weight excluding hydrogens is 248 g/mol. The Hall–Kier alpha value is -1.51. The lowest BCUT2D eigenvalue weighted by molar-refractivity contribution is -0.132. The van der Waals surface area contributed by atoms with Gasteiger partial charge in [-0.25, -0.2) is 0 Å². The Labute approximate surface area is 122 Å². The minimum atomic E-state index is 0.317. The molecule has 1 aliphatic heterocycles. The van der Waals surface area contributed by atoms with E-state index < -0.39 is 0 Å². The van der Waals surface area contributed by atoms with Crippen molar-refractivity contribution in [3.05, 3.63) is 29.3 Å². The molecule has 1 aromatic rings. The van der Waals surface area contributed by atoms with Gasteiger partial charge in [-0.1, -0.05) is 19.1 Å². The van der Waals surface area contributed by atoms with Gasteiger partial charge in [0.15, 0.2) is 0 Å². The number of piperidine rings is 1. The third kappa shape index (κ3) is 3.75. The summed E-state index contributed by atoms with van der Waals surface area (Å²) in [6.07, 6.45) is 3.72. The normalized spacial score (nSPS) is 16.2. The number of benzene rings is 1. The van der Waals surface area contributed by atoms with Crippen LogP contribution in [0.4, 0.5) is 5.69 Å². The topological polar surface area (TPSA) is 32.3 Å². The molecule has 0 aromatic heterocycles. The Kier molecular flexibility index (Phi) is 5.05. The lowest BCUT2D eigenvalue weighted by atomic mass is 10.0. The lowest BCUT2D eigenvalue weighted by Gasteiger charge is -2.33. The second-order valence-electron chi connectivity index (χ2n) is 5.87. The first-order valence-electron chi connectivity index (χ1n) is 7.71. The number of rotatable bonds is 4. The first kappa shape index (κ1) is 14.9. The summed E-state index contributed by atoms with van der Waals surface area (Å²) in [6.45, 7) is 8.10. The molecule has 3 nitrogen and oxygen atoms in total. The van der Waals surface area contributed by atoms with E-state index in [9.17, 15) is 4.79 Å². The molecule has 0 unspecified atom stereocenters. The van der Waals surface area contributed by atoms with Gasteiger partial charge in [0.05, 0.1) is 0 Å². The smallest absolute Gasteiger partial charge is 0.222 e. The van der Waals surface area contributed by atoms with Gasteiger partial charge in [-0.15, -0.1) is 0 Å². The van der Waals surface area contributed by atoms with Crippen LogP contribution in [0.2, 0.25) is 0 Å². The molecule has 1 amide bonds. The van der Waals surface area contributed by atoms with Crippen LogP contribution in [-0.4, -0.2) is 29.9 Å². The van der Waals surface area contributed by atoms with Crippen LogP contribution < -0.4 is 5.32 Å². The first-order valence-corrected chi connectivity index (χ1v) is 7.71. The fourth-order valence-corrected chi connectivity index (χ4v) is 2.76. The summed E-state index contributed by atoms with van der Waals surface area (Å²) in [5.74, 6) is 0.317. The van der Waals surface area contributed by atoms with Crippen LogP contribution in [0.1, 0.15) is 43.7 Å². The lowest BCUT2D eigenvalue weighted by Crippen LogP contribution is -2.42. The second kappa shape index (κ2) is 6.78. The molecule has 1 saturated heterocycles. The minimum Gasteiger partial charge on any atom is -0.382 e. The van der Waals surface area contributed by atoms with Gasteiger partial charge in [0, 0.05) is 31.2 Å². The zero-order valence-electron chi connectivity index (χ0n) is 12.9. The number of carbonyl (C=O) groups is 1. The highest BCUT2D eigenvalue weighted by Crippen LogP contribution is 2.21. The molecule has 0 radical (unpaired) electrons. The first-order chi connectivity index (χ1) is 9.60. The Balaban J connectivity index is 1.88. The van der Waals surface area contributed by atoms with Gasteiger partial charge in [-0.3, -0.25) is 4.79 Å². The monoisotopic (exact) mass is 274 g/mol. The molecule has 20 heavy (non-hydrogen) atoms. The van der Waals surface area contributed by atoms with Gasteiger partial charge in [-0.05, 0) is 50.3 Å². The molecule has 0 aliphatic carbocycles. The highest BCUT2D eigenvalue weighted by molar-refractivity contribution is 5.76. The Morgan fingerprint density at radius 2 is 2.00 bits per heavy atom. The molecule has 1 fully saturated rings. The maximum absolute atomic E-state index is 11.9. The van der Waals surface area contributed by atoms with Crippen molar-refractivity contribution in [2.24, 2.45) is 0 Å². The number of aryl methyl sites for hydroxylation is 2. The van der Waals surface area contributed by atoms with Crippen molar-refractivity contribution in [2.45, 2.75) is 52.5 Å². The van der Waals surface area contributed by atoms with Crippen molar-refractivity contribution in [1.82, 2.24) is 4.90 Å². The van der Waals surface area contributed by atoms with Crippen molar-refractivity contribution in [3.8, 4) is 0 Å². The van der Waals surface area contributed by atoms with Crippen LogP contribution in [-0.2, 0) is 4.79 Å². The molecule has 0 atom stereocenters. The molecule has 1 heterocycles. The predicted molar refractivity (Wildman–Crippen MR) is 84.0 cm³/mol. The molecule has 2 rings (SSSR count). The van der Waals surface area contributed by atoms with E-state index in [2.05, 4.69) is 44.3 Å². The summed E-state index contributed by atoms with van der Waals surface area (Å²) in [5, 5.41) is 3.64. The number of anilines is 1. The summed E-state index contributed by atoms with van der Waals surface area (Å²) in [6, 6.07) is 7.01. The van der Waals surface area contributed by atoms with Crippen LogP contribution in [0, 0.1) is 13.8 Å². The highest BCUT2D eigenvalue weighted by atomic mass is 16.2. The van der Waals surface area contributed by atoms with E-state index in [-0.39, 0.29) is 0 Å². The van der Waals surface area contributed by atoms with Crippen LogP contribution in [0.25, 0.3) is 0 Å². The Morgan fingerprint density at radius 1 is 1.30 bits per heavy atom. The van der Waals surface area contributed by atoms with Gasteiger partial charge in [-0.2, -0.15) is 0 Å². The molecule has 110 valence electrons. The zero-order valence-corrected chi connectivity index (χ0v) is 12.9. The van der Waals surface area contributed by atoms with Crippen molar-refractivity contribution in [2.75, 3.05) is 18.4 Å². The maximum Gasteiger partial charge on any atom is 0.222 e. The maximum atomic E-state index is 11.9. The van der Waals surface area contributed by atoms with E-state index in [0.29, 0.717) is 18.4 Å². The number of carbonyl (C=O) groups excluding carboxylic acids is 1. The molecule has 0 spiro atoms.